The Kier molecular flexibility index (Phi) is 5.15. The fraction of sp³-hybridized carbons (Fsp3) is 0.636. The number of hydrogen-bond donors (Lipinski definition) is 0. The van der Waals surface area contributed by atoms with Gasteiger partial charge in [0.25, 0.3) is 0 Å². The van der Waals surface area contributed by atoms with E-state index >= 15 is 0 Å². The molecular formula is C11H16ClF3N2O2S. The van der Waals surface area contributed by atoms with Crippen molar-refractivity contribution in [1.82, 2.24) is 8.87 Å². The van der Waals surface area contributed by atoms with Crippen molar-refractivity contribution in [1.29, 1.82) is 0 Å². The summed E-state index contributed by atoms with van der Waals surface area (Å²) in [6.45, 7) is 1.28. The van der Waals surface area contributed by atoms with E-state index in [9.17, 15) is 21.6 Å². The van der Waals surface area contributed by atoms with E-state index in [2.05, 4.69) is 0 Å². The van der Waals surface area contributed by atoms with Gasteiger partial charge in [-0.1, -0.05) is 0 Å². The van der Waals surface area contributed by atoms with Crippen molar-refractivity contribution in [2.75, 3.05) is 6.54 Å². The maximum Gasteiger partial charge on any atom is 0.402 e. The van der Waals surface area contributed by atoms with Crippen LogP contribution in [0, 0.1) is 0 Å². The molecule has 0 radical (unpaired) electrons. The van der Waals surface area contributed by atoms with Crippen LogP contribution in [0.3, 0.4) is 0 Å². The number of rotatable bonds is 5. The molecule has 0 aliphatic carbocycles. The third-order valence-corrected chi connectivity index (χ3v) is 5.00. The summed E-state index contributed by atoms with van der Waals surface area (Å²) in [5.74, 6) is 0.0764. The van der Waals surface area contributed by atoms with Gasteiger partial charge in [0.15, 0.2) is 0 Å². The average molecular weight is 333 g/mol. The molecule has 20 heavy (non-hydrogen) atoms. The summed E-state index contributed by atoms with van der Waals surface area (Å²) in [6.07, 6.45) is -3.33. The second kappa shape index (κ2) is 5.95. The first-order valence-electron chi connectivity index (χ1n) is 5.79. The van der Waals surface area contributed by atoms with E-state index in [0.29, 0.717) is 10.00 Å². The van der Waals surface area contributed by atoms with Crippen LogP contribution < -0.4 is 0 Å². The van der Waals surface area contributed by atoms with Gasteiger partial charge in [0.05, 0.1) is 5.88 Å². The molecule has 0 N–H and O–H groups in total. The van der Waals surface area contributed by atoms with Crippen LogP contribution in [0.4, 0.5) is 13.2 Å². The molecule has 0 aliphatic rings. The van der Waals surface area contributed by atoms with Crippen LogP contribution in [0.25, 0.3) is 0 Å². The molecule has 1 aromatic rings. The number of sulfonamides is 1. The molecule has 0 unspecified atom stereocenters. The van der Waals surface area contributed by atoms with Crippen molar-refractivity contribution >= 4 is 21.6 Å². The highest BCUT2D eigenvalue weighted by Crippen LogP contribution is 2.26. The van der Waals surface area contributed by atoms with Crippen molar-refractivity contribution in [2.45, 2.75) is 36.8 Å². The van der Waals surface area contributed by atoms with Crippen LogP contribution in [0.2, 0.25) is 0 Å². The van der Waals surface area contributed by atoms with Crippen molar-refractivity contribution in [3.63, 3.8) is 0 Å². The number of alkyl halides is 4. The van der Waals surface area contributed by atoms with Gasteiger partial charge in [0.1, 0.15) is 11.4 Å². The topological polar surface area (TPSA) is 42.3 Å². The monoisotopic (exact) mass is 332 g/mol. The Balaban J connectivity index is 3.22. The minimum atomic E-state index is -4.60. The summed E-state index contributed by atoms with van der Waals surface area (Å²) < 4.78 is 64.1. The Morgan fingerprint density at radius 2 is 1.95 bits per heavy atom. The number of nitrogens with zero attached hydrogens (tertiary/aromatic N) is 2. The summed E-state index contributed by atoms with van der Waals surface area (Å²) >= 11 is 5.63. The molecule has 0 spiro atoms. The molecule has 0 fully saturated rings. The van der Waals surface area contributed by atoms with Crippen molar-refractivity contribution in [2.24, 2.45) is 7.05 Å². The molecule has 116 valence electrons. The Labute approximate surface area is 121 Å². The lowest BCUT2D eigenvalue weighted by molar-refractivity contribution is -0.138. The molecule has 0 amide bonds. The minimum Gasteiger partial charge on any atom is -0.352 e. The molecule has 0 atom stereocenters. The zero-order chi connectivity index (χ0) is 15.7. The number of aryl methyl sites for hydroxylation is 1. The molecule has 1 rings (SSSR count). The van der Waals surface area contributed by atoms with Gasteiger partial charge in [-0.05, 0) is 19.9 Å². The number of halogens is 4. The van der Waals surface area contributed by atoms with E-state index in [0.717, 1.165) is 0 Å². The standard InChI is InChI=1S/C11H16ClF3N2O2S/c1-8(2)17(7-11(13,14)15)20(18,19)10-4-9(5-12)16(3)6-10/h4,6,8H,5,7H2,1-3H3. The fourth-order valence-corrected chi connectivity index (χ4v) is 3.69. The highest BCUT2D eigenvalue weighted by Gasteiger charge is 2.38. The molecule has 1 aromatic heterocycles. The molecule has 0 aromatic carbocycles. The predicted molar refractivity (Wildman–Crippen MR) is 70.1 cm³/mol. The van der Waals surface area contributed by atoms with Gasteiger partial charge < -0.3 is 4.57 Å². The van der Waals surface area contributed by atoms with Crippen LogP contribution in [0.1, 0.15) is 19.5 Å². The first kappa shape index (κ1) is 17.3. The molecule has 0 bridgehead atoms. The maximum absolute atomic E-state index is 12.5. The highest BCUT2D eigenvalue weighted by atomic mass is 35.5. The average Bonchev–Trinajstić information content (AvgIpc) is 2.66. The summed E-state index contributed by atoms with van der Waals surface area (Å²) in [4.78, 5) is -0.186. The first-order valence-corrected chi connectivity index (χ1v) is 7.76. The normalized spacial score (nSPS) is 13.4. The summed E-state index contributed by atoms with van der Waals surface area (Å²) in [5.41, 5.74) is 0.515. The van der Waals surface area contributed by atoms with Gasteiger partial charge in [-0.2, -0.15) is 17.5 Å². The van der Waals surface area contributed by atoms with Crippen LogP contribution in [0.5, 0.6) is 0 Å². The molecule has 0 saturated heterocycles. The van der Waals surface area contributed by atoms with Crippen LogP contribution in [-0.2, 0) is 23.0 Å². The second-order valence-corrected chi connectivity index (χ2v) is 6.83. The maximum atomic E-state index is 12.5. The molecule has 9 heteroatoms. The number of hydrogen-bond acceptors (Lipinski definition) is 2. The zero-order valence-corrected chi connectivity index (χ0v) is 12.8. The Morgan fingerprint density at radius 1 is 1.40 bits per heavy atom. The summed E-state index contributed by atoms with van der Waals surface area (Å²) in [6, 6.07) is 0.481. The smallest absolute Gasteiger partial charge is 0.352 e. The van der Waals surface area contributed by atoms with E-state index in [1.807, 2.05) is 0 Å². The van der Waals surface area contributed by atoms with E-state index in [1.54, 1.807) is 7.05 Å². The van der Waals surface area contributed by atoms with Crippen LogP contribution >= 0.6 is 11.6 Å². The van der Waals surface area contributed by atoms with Crippen molar-refractivity contribution in [3.05, 3.63) is 18.0 Å². The van der Waals surface area contributed by atoms with E-state index in [4.69, 9.17) is 11.6 Å². The van der Waals surface area contributed by atoms with Gasteiger partial charge in [-0.15, -0.1) is 11.6 Å². The van der Waals surface area contributed by atoms with Gasteiger partial charge in [-0.3, -0.25) is 0 Å². The summed E-state index contributed by atoms with van der Waals surface area (Å²) in [5, 5.41) is 0. The second-order valence-electron chi connectivity index (χ2n) is 4.67. The molecule has 1 heterocycles. The quantitative estimate of drug-likeness (QED) is 0.778. The van der Waals surface area contributed by atoms with Crippen molar-refractivity contribution < 1.29 is 21.6 Å². The predicted octanol–water partition coefficient (Wildman–Crippen LogP) is 2.73. The van der Waals surface area contributed by atoms with E-state index in [-0.39, 0.29) is 10.8 Å². The third kappa shape index (κ3) is 3.89. The number of aromatic nitrogens is 1. The highest BCUT2D eigenvalue weighted by molar-refractivity contribution is 7.89. The SMILES string of the molecule is CC(C)N(CC(F)(F)F)S(=O)(=O)c1cc(CCl)n(C)c1. The molecule has 0 saturated carbocycles. The van der Waals surface area contributed by atoms with E-state index < -0.39 is 28.8 Å². The van der Waals surface area contributed by atoms with Gasteiger partial charge in [-0.25, -0.2) is 8.42 Å². The molecule has 4 nitrogen and oxygen atoms in total. The van der Waals surface area contributed by atoms with Crippen molar-refractivity contribution in [3.8, 4) is 0 Å². The van der Waals surface area contributed by atoms with E-state index in [1.165, 1.54) is 30.7 Å². The molecular weight excluding hydrogens is 317 g/mol. The third-order valence-electron chi connectivity index (χ3n) is 2.74. The molecule has 0 aliphatic heterocycles. The Morgan fingerprint density at radius 3 is 2.30 bits per heavy atom. The lowest BCUT2D eigenvalue weighted by atomic mass is 10.4. The minimum absolute atomic E-state index is 0.0764. The van der Waals surface area contributed by atoms with Crippen LogP contribution in [-0.4, -0.2) is 36.1 Å². The Hall–Kier alpha value is -0.730. The van der Waals surface area contributed by atoms with Gasteiger partial charge in [0.2, 0.25) is 10.0 Å². The lowest BCUT2D eigenvalue weighted by Gasteiger charge is -2.26. The summed E-state index contributed by atoms with van der Waals surface area (Å²) in [7, 11) is -2.63. The van der Waals surface area contributed by atoms with Gasteiger partial charge >= 0.3 is 6.18 Å². The van der Waals surface area contributed by atoms with Crippen LogP contribution in [0.15, 0.2) is 17.2 Å². The zero-order valence-electron chi connectivity index (χ0n) is 11.3. The fourth-order valence-electron chi connectivity index (χ4n) is 1.71. The lowest BCUT2D eigenvalue weighted by Crippen LogP contribution is -2.43. The Bertz CT molecular complexity index is 567. The largest absolute Gasteiger partial charge is 0.402 e. The van der Waals surface area contributed by atoms with Gasteiger partial charge in [0, 0.05) is 25.0 Å². The first-order chi connectivity index (χ1) is 8.99.